The number of aryl methyl sites for hydroxylation is 1. The van der Waals surface area contributed by atoms with Gasteiger partial charge in [0.15, 0.2) is 11.0 Å². The molecule has 0 aliphatic heterocycles. The van der Waals surface area contributed by atoms with E-state index in [0.717, 1.165) is 38.6 Å². The number of hydrogen-bond acceptors (Lipinski definition) is 6. The molecule has 3 aromatic heterocycles. The van der Waals surface area contributed by atoms with Gasteiger partial charge in [-0.25, -0.2) is 4.98 Å². The zero-order chi connectivity index (χ0) is 19.3. The summed E-state index contributed by atoms with van der Waals surface area (Å²) in [6.45, 7) is 6.60. The number of thiazole rings is 1. The highest BCUT2D eigenvalue weighted by atomic mass is 32.2. The quantitative estimate of drug-likeness (QED) is 0.310. The Labute approximate surface area is 172 Å². The van der Waals surface area contributed by atoms with Crippen molar-refractivity contribution in [2.45, 2.75) is 24.4 Å². The van der Waals surface area contributed by atoms with E-state index in [-0.39, 0.29) is 0 Å². The first-order valence-electron chi connectivity index (χ1n) is 8.83. The minimum atomic E-state index is 0.644. The van der Waals surface area contributed by atoms with E-state index < -0.39 is 0 Å². The number of rotatable bonds is 7. The highest BCUT2D eigenvalue weighted by Gasteiger charge is 2.14. The number of benzene rings is 1. The van der Waals surface area contributed by atoms with Crippen molar-refractivity contribution in [3.8, 4) is 22.0 Å². The molecule has 0 N–H and O–H groups in total. The minimum Gasteiger partial charge on any atom is -0.298 e. The van der Waals surface area contributed by atoms with Crippen LogP contribution in [0.4, 0.5) is 0 Å². The molecule has 0 atom stereocenters. The van der Waals surface area contributed by atoms with Crippen LogP contribution in [0.3, 0.4) is 0 Å². The average molecular weight is 406 g/mol. The molecule has 0 saturated heterocycles. The van der Waals surface area contributed by atoms with Gasteiger partial charge in [0.1, 0.15) is 5.01 Å². The van der Waals surface area contributed by atoms with Crippen molar-refractivity contribution < 1.29 is 0 Å². The number of pyridine rings is 1. The molecule has 5 nitrogen and oxygen atoms in total. The molecule has 0 bridgehead atoms. The molecule has 0 unspecified atom stereocenters. The first kappa shape index (κ1) is 18.6. The molecular weight excluding hydrogens is 386 g/mol. The van der Waals surface area contributed by atoms with E-state index in [0.29, 0.717) is 6.54 Å². The summed E-state index contributed by atoms with van der Waals surface area (Å²) in [4.78, 5) is 8.96. The van der Waals surface area contributed by atoms with Crippen molar-refractivity contribution >= 4 is 23.1 Å². The van der Waals surface area contributed by atoms with Crippen molar-refractivity contribution in [1.82, 2.24) is 24.7 Å². The molecule has 0 radical (unpaired) electrons. The van der Waals surface area contributed by atoms with Crippen LogP contribution < -0.4 is 0 Å². The van der Waals surface area contributed by atoms with E-state index in [1.807, 2.05) is 18.2 Å². The van der Waals surface area contributed by atoms with Crippen LogP contribution in [0.1, 0.15) is 11.3 Å². The fraction of sp³-hybridized carbons (Fsp3) is 0.143. The van der Waals surface area contributed by atoms with Gasteiger partial charge in [-0.1, -0.05) is 47.7 Å². The SMILES string of the molecule is C=CCn1c(SCc2csc(-c3ccc(C)cc3)n2)nnc1-c1cccnc1. The van der Waals surface area contributed by atoms with Gasteiger partial charge in [0, 0.05) is 41.2 Å². The van der Waals surface area contributed by atoms with E-state index in [1.54, 1.807) is 35.5 Å². The Balaban J connectivity index is 1.52. The zero-order valence-electron chi connectivity index (χ0n) is 15.4. The lowest BCUT2D eigenvalue weighted by molar-refractivity contribution is 0.730. The normalized spacial score (nSPS) is 10.9. The summed E-state index contributed by atoms with van der Waals surface area (Å²) in [5.74, 6) is 1.54. The summed E-state index contributed by atoms with van der Waals surface area (Å²) in [6, 6.07) is 12.3. The van der Waals surface area contributed by atoms with E-state index in [2.05, 4.69) is 62.9 Å². The highest BCUT2D eigenvalue weighted by molar-refractivity contribution is 7.98. The molecule has 0 saturated carbocycles. The number of allylic oxidation sites excluding steroid dienone is 1. The van der Waals surface area contributed by atoms with Gasteiger partial charge in [-0.3, -0.25) is 9.55 Å². The molecule has 4 rings (SSSR count). The lowest BCUT2D eigenvalue weighted by Crippen LogP contribution is -2.01. The van der Waals surface area contributed by atoms with Gasteiger partial charge in [-0.2, -0.15) is 0 Å². The standard InChI is InChI=1S/C21H19N5S2/c1-3-11-26-19(17-5-4-10-22-12-17)24-25-21(26)28-14-18-13-27-20(23-18)16-8-6-15(2)7-9-16/h3-10,12-13H,1,11,14H2,2H3. The summed E-state index contributed by atoms with van der Waals surface area (Å²) in [5, 5.41) is 12.7. The predicted octanol–water partition coefficient (Wildman–Crippen LogP) is 5.25. The van der Waals surface area contributed by atoms with Crippen LogP contribution in [0.5, 0.6) is 0 Å². The van der Waals surface area contributed by atoms with Crippen LogP contribution in [-0.2, 0) is 12.3 Å². The Morgan fingerprint density at radius 1 is 1.14 bits per heavy atom. The molecule has 7 heteroatoms. The van der Waals surface area contributed by atoms with Crippen LogP contribution in [0, 0.1) is 6.92 Å². The largest absolute Gasteiger partial charge is 0.298 e. The summed E-state index contributed by atoms with van der Waals surface area (Å²) < 4.78 is 2.06. The summed E-state index contributed by atoms with van der Waals surface area (Å²) in [7, 11) is 0. The van der Waals surface area contributed by atoms with E-state index in [4.69, 9.17) is 4.98 Å². The molecular formula is C21H19N5S2. The fourth-order valence-electron chi connectivity index (χ4n) is 2.74. The third kappa shape index (κ3) is 4.05. The number of aromatic nitrogens is 5. The van der Waals surface area contributed by atoms with E-state index in [9.17, 15) is 0 Å². The van der Waals surface area contributed by atoms with Crippen LogP contribution >= 0.6 is 23.1 Å². The second-order valence-corrected chi connectivity index (χ2v) is 8.05. The molecule has 4 aromatic rings. The first-order chi connectivity index (χ1) is 13.7. The molecule has 0 fully saturated rings. The topological polar surface area (TPSA) is 56.5 Å². The Kier molecular flexibility index (Phi) is 5.64. The first-order valence-corrected chi connectivity index (χ1v) is 10.7. The zero-order valence-corrected chi connectivity index (χ0v) is 17.1. The Morgan fingerprint density at radius 2 is 2.00 bits per heavy atom. The van der Waals surface area contributed by atoms with Crippen molar-refractivity contribution in [2.75, 3.05) is 0 Å². The fourth-order valence-corrected chi connectivity index (χ4v) is 4.51. The number of nitrogens with zero attached hydrogens (tertiary/aromatic N) is 5. The smallest absolute Gasteiger partial charge is 0.192 e. The number of hydrogen-bond donors (Lipinski definition) is 0. The monoisotopic (exact) mass is 405 g/mol. The Hall–Kier alpha value is -2.77. The third-order valence-electron chi connectivity index (χ3n) is 4.15. The third-order valence-corrected chi connectivity index (χ3v) is 6.09. The van der Waals surface area contributed by atoms with Gasteiger partial charge in [0.25, 0.3) is 0 Å². The molecule has 3 heterocycles. The van der Waals surface area contributed by atoms with Crippen molar-refractivity contribution in [3.63, 3.8) is 0 Å². The second-order valence-electron chi connectivity index (χ2n) is 6.25. The van der Waals surface area contributed by atoms with E-state index >= 15 is 0 Å². The molecule has 0 aliphatic rings. The van der Waals surface area contributed by atoms with E-state index in [1.165, 1.54) is 5.56 Å². The highest BCUT2D eigenvalue weighted by Crippen LogP contribution is 2.29. The Morgan fingerprint density at radius 3 is 2.75 bits per heavy atom. The van der Waals surface area contributed by atoms with Gasteiger partial charge in [-0.05, 0) is 19.1 Å². The molecule has 1 aromatic carbocycles. The van der Waals surface area contributed by atoms with Gasteiger partial charge < -0.3 is 0 Å². The minimum absolute atomic E-state index is 0.644. The maximum atomic E-state index is 4.78. The molecule has 28 heavy (non-hydrogen) atoms. The molecule has 0 aliphatic carbocycles. The summed E-state index contributed by atoms with van der Waals surface area (Å²) in [5.41, 5.74) is 4.39. The number of thioether (sulfide) groups is 1. The van der Waals surface area contributed by atoms with Gasteiger partial charge in [-0.15, -0.1) is 28.1 Å². The summed E-state index contributed by atoms with van der Waals surface area (Å²) >= 11 is 3.30. The van der Waals surface area contributed by atoms with Crippen LogP contribution in [0.25, 0.3) is 22.0 Å². The maximum absolute atomic E-state index is 4.78. The Bertz CT molecular complexity index is 1070. The van der Waals surface area contributed by atoms with Crippen molar-refractivity contribution in [1.29, 1.82) is 0 Å². The lowest BCUT2D eigenvalue weighted by Gasteiger charge is -2.06. The van der Waals surface area contributed by atoms with Gasteiger partial charge in [0.2, 0.25) is 0 Å². The van der Waals surface area contributed by atoms with Crippen LogP contribution in [-0.4, -0.2) is 24.7 Å². The maximum Gasteiger partial charge on any atom is 0.192 e. The van der Waals surface area contributed by atoms with Crippen molar-refractivity contribution in [2.24, 2.45) is 0 Å². The average Bonchev–Trinajstić information content (AvgIpc) is 3.35. The lowest BCUT2D eigenvalue weighted by atomic mass is 10.2. The van der Waals surface area contributed by atoms with Crippen molar-refractivity contribution in [3.05, 3.63) is 78.1 Å². The van der Waals surface area contributed by atoms with Crippen LogP contribution in [0.15, 0.2) is 72.0 Å². The predicted molar refractivity (Wildman–Crippen MR) is 115 cm³/mol. The van der Waals surface area contributed by atoms with Crippen LogP contribution in [0.2, 0.25) is 0 Å². The van der Waals surface area contributed by atoms with Gasteiger partial charge in [0.05, 0.1) is 5.69 Å². The summed E-state index contributed by atoms with van der Waals surface area (Å²) in [6.07, 6.45) is 5.40. The molecule has 0 spiro atoms. The van der Waals surface area contributed by atoms with Gasteiger partial charge >= 0.3 is 0 Å². The molecule has 0 amide bonds. The second kappa shape index (κ2) is 8.50. The molecule has 140 valence electrons.